The lowest BCUT2D eigenvalue weighted by Gasteiger charge is -2.35. The molecule has 148 valence electrons. The van der Waals surface area contributed by atoms with Gasteiger partial charge in [-0.2, -0.15) is 0 Å². The van der Waals surface area contributed by atoms with Gasteiger partial charge in [0.1, 0.15) is 0 Å². The highest BCUT2D eigenvalue weighted by atomic mass is 16.5. The molecule has 3 rings (SSSR count). The van der Waals surface area contributed by atoms with Crippen LogP contribution >= 0.6 is 0 Å². The molecule has 1 saturated heterocycles. The van der Waals surface area contributed by atoms with Gasteiger partial charge in [-0.3, -0.25) is 4.79 Å². The van der Waals surface area contributed by atoms with Crippen molar-refractivity contribution in [2.24, 2.45) is 0 Å². The molecule has 1 aliphatic rings. The second kappa shape index (κ2) is 9.61. The minimum atomic E-state index is -0.377. The van der Waals surface area contributed by atoms with Gasteiger partial charge in [-0.15, -0.1) is 0 Å². The second-order valence-electron chi connectivity index (χ2n) is 6.77. The molecule has 1 heterocycles. The first-order chi connectivity index (χ1) is 14.0. The topological polar surface area (TPSA) is 49.9 Å². The highest BCUT2D eigenvalue weighted by Crippen LogP contribution is 2.17. The van der Waals surface area contributed by atoms with Crippen LogP contribution in [0.25, 0.3) is 6.08 Å². The Kier molecular flexibility index (Phi) is 6.70. The Balaban J connectivity index is 1.59. The zero-order chi connectivity index (χ0) is 20.6. The van der Waals surface area contributed by atoms with Gasteiger partial charge in [-0.25, -0.2) is 4.79 Å². The number of carbonyl (C=O) groups excluding carboxylic acids is 2. The van der Waals surface area contributed by atoms with E-state index < -0.39 is 0 Å². The van der Waals surface area contributed by atoms with E-state index in [0.717, 1.165) is 48.6 Å². The molecule has 0 aliphatic carbocycles. The Morgan fingerprint density at radius 2 is 1.45 bits per heavy atom. The average molecular weight is 388 g/mol. The van der Waals surface area contributed by atoms with Crippen LogP contribution in [0, 0.1) is 11.8 Å². The molecule has 5 nitrogen and oxygen atoms in total. The van der Waals surface area contributed by atoms with Crippen LogP contribution in [0.2, 0.25) is 0 Å². The summed E-state index contributed by atoms with van der Waals surface area (Å²) in [5.74, 6) is 6.10. The van der Waals surface area contributed by atoms with Crippen molar-refractivity contribution in [3.05, 3.63) is 71.3 Å². The largest absolute Gasteiger partial charge is 0.466 e. The first kappa shape index (κ1) is 20.2. The quantitative estimate of drug-likeness (QED) is 0.461. The molecule has 2 aromatic rings. The van der Waals surface area contributed by atoms with Crippen molar-refractivity contribution in [3.8, 4) is 11.8 Å². The first-order valence-corrected chi connectivity index (χ1v) is 9.54. The molecular weight excluding hydrogens is 364 g/mol. The normalized spacial score (nSPS) is 13.7. The SMILES string of the molecule is COC(=O)/C=C/c1ccc(C#Cc2ccc(N3CCN(C(C)=O)CC3)cc2)cc1. The maximum absolute atomic E-state index is 11.4. The minimum Gasteiger partial charge on any atom is -0.466 e. The highest BCUT2D eigenvalue weighted by Gasteiger charge is 2.18. The van der Waals surface area contributed by atoms with E-state index in [-0.39, 0.29) is 11.9 Å². The van der Waals surface area contributed by atoms with Gasteiger partial charge in [-0.1, -0.05) is 24.0 Å². The molecule has 1 amide bonds. The lowest BCUT2D eigenvalue weighted by atomic mass is 10.1. The summed E-state index contributed by atoms with van der Waals surface area (Å²) in [5.41, 5.74) is 3.92. The van der Waals surface area contributed by atoms with E-state index in [4.69, 9.17) is 0 Å². The molecular formula is C24H24N2O3. The lowest BCUT2D eigenvalue weighted by Crippen LogP contribution is -2.48. The summed E-state index contributed by atoms with van der Waals surface area (Å²) in [4.78, 5) is 26.7. The Hall–Kier alpha value is -3.52. The molecule has 0 N–H and O–H groups in total. The summed E-state index contributed by atoms with van der Waals surface area (Å²) >= 11 is 0. The third-order valence-electron chi connectivity index (χ3n) is 4.83. The van der Waals surface area contributed by atoms with Crippen molar-refractivity contribution < 1.29 is 14.3 Å². The zero-order valence-electron chi connectivity index (χ0n) is 16.7. The predicted octanol–water partition coefficient (Wildman–Crippen LogP) is 2.94. The number of carbonyl (C=O) groups is 2. The van der Waals surface area contributed by atoms with Crippen molar-refractivity contribution in [1.29, 1.82) is 0 Å². The summed E-state index contributed by atoms with van der Waals surface area (Å²) in [7, 11) is 1.35. The van der Waals surface area contributed by atoms with Gasteiger partial charge in [0.05, 0.1) is 7.11 Å². The molecule has 5 heteroatoms. The van der Waals surface area contributed by atoms with Crippen molar-refractivity contribution in [2.45, 2.75) is 6.92 Å². The van der Waals surface area contributed by atoms with E-state index in [2.05, 4.69) is 33.6 Å². The standard InChI is InChI=1S/C24H24N2O3/c1-19(27)25-15-17-26(18-16-25)23-12-9-22(10-13-23)8-5-20-3-6-21(7-4-20)11-14-24(28)29-2/h3-4,6-7,9-14H,15-18H2,1-2H3/b14-11+. The molecule has 0 unspecified atom stereocenters. The predicted molar refractivity (Wildman–Crippen MR) is 114 cm³/mol. The molecule has 29 heavy (non-hydrogen) atoms. The van der Waals surface area contributed by atoms with Crippen LogP contribution in [0.4, 0.5) is 5.69 Å². The average Bonchev–Trinajstić information content (AvgIpc) is 2.77. The van der Waals surface area contributed by atoms with Crippen molar-refractivity contribution >= 4 is 23.6 Å². The van der Waals surface area contributed by atoms with E-state index in [9.17, 15) is 9.59 Å². The number of anilines is 1. The Morgan fingerprint density at radius 1 is 0.897 bits per heavy atom. The monoisotopic (exact) mass is 388 g/mol. The lowest BCUT2D eigenvalue weighted by molar-refractivity contribution is -0.134. The molecule has 0 bridgehead atoms. The smallest absolute Gasteiger partial charge is 0.330 e. The summed E-state index contributed by atoms with van der Waals surface area (Å²) in [6.45, 7) is 4.85. The zero-order valence-corrected chi connectivity index (χ0v) is 16.7. The third kappa shape index (κ3) is 5.73. The van der Waals surface area contributed by atoms with Crippen molar-refractivity contribution in [2.75, 3.05) is 38.2 Å². The number of amides is 1. The molecule has 1 aliphatic heterocycles. The maximum Gasteiger partial charge on any atom is 0.330 e. The van der Waals surface area contributed by atoms with Crippen LogP contribution in [0.5, 0.6) is 0 Å². The van der Waals surface area contributed by atoms with E-state index in [0.29, 0.717) is 0 Å². The number of methoxy groups -OCH3 is 1. The van der Waals surface area contributed by atoms with Gasteiger partial charge in [-0.05, 0) is 48.0 Å². The molecule has 2 aromatic carbocycles. The number of benzene rings is 2. The van der Waals surface area contributed by atoms with E-state index in [1.54, 1.807) is 13.0 Å². The summed E-state index contributed by atoms with van der Waals surface area (Å²) < 4.78 is 4.58. The number of nitrogens with zero attached hydrogens (tertiary/aromatic N) is 2. The molecule has 0 spiro atoms. The summed E-state index contributed by atoms with van der Waals surface area (Å²) in [5, 5.41) is 0. The van der Waals surface area contributed by atoms with Gasteiger partial charge >= 0.3 is 5.97 Å². The number of hydrogen-bond acceptors (Lipinski definition) is 4. The van der Waals surface area contributed by atoms with Crippen LogP contribution in [-0.4, -0.2) is 50.1 Å². The summed E-state index contributed by atoms with van der Waals surface area (Å²) in [6.07, 6.45) is 3.10. The van der Waals surface area contributed by atoms with Crippen LogP contribution in [0.1, 0.15) is 23.6 Å². The Bertz CT molecular complexity index is 942. The molecule has 0 atom stereocenters. The van der Waals surface area contributed by atoms with Gasteiger partial charge in [0.15, 0.2) is 0 Å². The van der Waals surface area contributed by atoms with Crippen LogP contribution in [0.3, 0.4) is 0 Å². The van der Waals surface area contributed by atoms with Crippen molar-refractivity contribution in [3.63, 3.8) is 0 Å². The second-order valence-corrected chi connectivity index (χ2v) is 6.77. The number of hydrogen-bond donors (Lipinski definition) is 0. The maximum atomic E-state index is 11.4. The summed E-state index contributed by atoms with van der Waals surface area (Å²) in [6, 6.07) is 15.9. The highest BCUT2D eigenvalue weighted by molar-refractivity contribution is 5.86. The number of ether oxygens (including phenoxy) is 1. The number of piperazine rings is 1. The third-order valence-corrected chi connectivity index (χ3v) is 4.83. The Labute approximate surface area is 171 Å². The van der Waals surface area contributed by atoms with Gasteiger partial charge in [0, 0.05) is 56.0 Å². The van der Waals surface area contributed by atoms with Crippen LogP contribution < -0.4 is 4.90 Å². The van der Waals surface area contributed by atoms with Gasteiger partial charge in [0.25, 0.3) is 0 Å². The number of esters is 1. The molecule has 1 fully saturated rings. The number of rotatable bonds is 3. The fourth-order valence-electron chi connectivity index (χ4n) is 3.09. The minimum absolute atomic E-state index is 0.141. The van der Waals surface area contributed by atoms with Gasteiger partial charge in [0.2, 0.25) is 5.91 Å². The first-order valence-electron chi connectivity index (χ1n) is 9.54. The molecule has 0 aromatic heterocycles. The molecule has 0 saturated carbocycles. The van der Waals surface area contributed by atoms with Crippen molar-refractivity contribution in [1.82, 2.24) is 4.90 Å². The van der Waals surface area contributed by atoms with E-state index in [1.807, 2.05) is 41.3 Å². The van der Waals surface area contributed by atoms with E-state index in [1.165, 1.54) is 13.2 Å². The van der Waals surface area contributed by atoms with Crippen LogP contribution in [0.15, 0.2) is 54.6 Å². The van der Waals surface area contributed by atoms with E-state index >= 15 is 0 Å². The fraction of sp³-hybridized carbons (Fsp3) is 0.250. The van der Waals surface area contributed by atoms with Crippen LogP contribution in [-0.2, 0) is 14.3 Å². The van der Waals surface area contributed by atoms with Gasteiger partial charge < -0.3 is 14.5 Å². The Morgan fingerprint density at radius 3 is 1.97 bits per heavy atom. The fourth-order valence-corrected chi connectivity index (χ4v) is 3.09. The molecule has 0 radical (unpaired) electrons.